The average Bonchev–Trinajstić information content (AvgIpc) is 2.52. The quantitative estimate of drug-likeness (QED) is 0.850. The van der Waals surface area contributed by atoms with Crippen LogP contribution in [0.1, 0.15) is 36.7 Å². The molecular weight excluding hydrogens is 290 g/mol. The van der Waals surface area contributed by atoms with Gasteiger partial charge in [0.25, 0.3) is 5.91 Å². The maximum absolute atomic E-state index is 12.7. The van der Waals surface area contributed by atoms with E-state index in [4.69, 9.17) is 4.74 Å². The zero-order valence-electron chi connectivity index (χ0n) is 13.7. The van der Waals surface area contributed by atoms with Gasteiger partial charge in [-0.1, -0.05) is 48.5 Å². The third kappa shape index (κ3) is 4.95. The summed E-state index contributed by atoms with van der Waals surface area (Å²) in [6.45, 7) is 5.50. The molecule has 120 valence electrons. The van der Waals surface area contributed by atoms with Gasteiger partial charge in [0.2, 0.25) is 0 Å². The summed E-state index contributed by atoms with van der Waals surface area (Å²) in [4.78, 5) is 26.3. The minimum Gasteiger partial charge on any atom is -0.443 e. The van der Waals surface area contributed by atoms with Crippen LogP contribution in [0.5, 0.6) is 0 Å². The van der Waals surface area contributed by atoms with Gasteiger partial charge >= 0.3 is 6.09 Å². The van der Waals surface area contributed by atoms with Crippen LogP contribution >= 0.6 is 0 Å². The number of benzene rings is 2. The SMILES string of the molecule is CC(C)(C)OC(=O)N(Cc1ccccc1)C(=O)c1ccccc1. The van der Waals surface area contributed by atoms with Crippen LogP contribution in [0.25, 0.3) is 0 Å². The Kier molecular flexibility index (Phi) is 5.16. The highest BCUT2D eigenvalue weighted by atomic mass is 16.6. The van der Waals surface area contributed by atoms with Gasteiger partial charge in [0.15, 0.2) is 0 Å². The molecule has 0 unspecified atom stereocenters. The fourth-order valence-corrected chi connectivity index (χ4v) is 2.04. The lowest BCUT2D eigenvalue weighted by molar-refractivity contribution is 0.0227. The van der Waals surface area contributed by atoms with Gasteiger partial charge in [-0.15, -0.1) is 0 Å². The predicted octanol–water partition coefficient (Wildman–Crippen LogP) is 4.26. The lowest BCUT2D eigenvalue weighted by Crippen LogP contribution is -2.40. The van der Waals surface area contributed by atoms with Gasteiger partial charge in [-0.25, -0.2) is 9.69 Å². The number of nitrogens with zero attached hydrogens (tertiary/aromatic N) is 1. The van der Waals surface area contributed by atoms with Crippen LogP contribution in [-0.4, -0.2) is 22.5 Å². The molecule has 2 aromatic carbocycles. The molecule has 4 heteroatoms. The maximum atomic E-state index is 12.7. The summed E-state index contributed by atoms with van der Waals surface area (Å²) in [5, 5.41) is 0. The van der Waals surface area contributed by atoms with Crippen molar-refractivity contribution in [2.45, 2.75) is 32.9 Å². The van der Waals surface area contributed by atoms with E-state index in [2.05, 4.69) is 0 Å². The molecule has 2 aromatic rings. The first-order valence-electron chi connectivity index (χ1n) is 7.50. The largest absolute Gasteiger partial charge is 0.443 e. The fraction of sp³-hybridized carbons (Fsp3) is 0.263. The van der Waals surface area contributed by atoms with E-state index < -0.39 is 11.7 Å². The van der Waals surface area contributed by atoms with E-state index in [0.29, 0.717) is 5.56 Å². The van der Waals surface area contributed by atoms with Crippen LogP contribution in [0.4, 0.5) is 4.79 Å². The Balaban J connectivity index is 2.27. The minimum atomic E-state index is -0.664. The topological polar surface area (TPSA) is 46.6 Å². The molecule has 0 heterocycles. The molecule has 0 aliphatic rings. The van der Waals surface area contributed by atoms with Gasteiger partial charge in [-0.2, -0.15) is 0 Å². The molecule has 23 heavy (non-hydrogen) atoms. The highest BCUT2D eigenvalue weighted by molar-refractivity contribution is 6.02. The van der Waals surface area contributed by atoms with Crippen LogP contribution in [0.15, 0.2) is 60.7 Å². The third-order valence-electron chi connectivity index (χ3n) is 3.06. The lowest BCUT2D eigenvalue weighted by Gasteiger charge is -2.26. The fourth-order valence-electron chi connectivity index (χ4n) is 2.04. The van der Waals surface area contributed by atoms with Crippen molar-refractivity contribution in [3.8, 4) is 0 Å². The van der Waals surface area contributed by atoms with E-state index in [-0.39, 0.29) is 12.5 Å². The summed E-state index contributed by atoms with van der Waals surface area (Å²) in [6.07, 6.45) is -0.643. The van der Waals surface area contributed by atoms with Crippen molar-refractivity contribution in [1.29, 1.82) is 0 Å². The molecule has 0 spiro atoms. The number of amides is 2. The Labute approximate surface area is 136 Å². The number of rotatable bonds is 3. The van der Waals surface area contributed by atoms with Crippen molar-refractivity contribution in [1.82, 2.24) is 4.90 Å². The van der Waals surface area contributed by atoms with Gasteiger partial charge < -0.3 is 4.74 Å². The normalized spacial score (nSPS) is 10.9. The van der Waals surface area contributed by atoms with Crippen molar-refractivity contribution in [3.63, 3.8) is 0 Å². The molecule has 0 aromatic heterocycles. The zero-order valence-corrected chi connectivity index (χ0v) is 13.7. The van der Waals surface area contributed by atoms with Crippen LogP contribution in [0, 0.1) is 0 Å². The average molecular weight is 311 g/mol. The monoisotopic (exact) mass is 311 g/mol. The van der Waals surface area contributed by atoms with Gasteiger partial charge in [-0.3, -0.25) is 4.79 Å². The number of hydrogen-bond donors (Lipinski definition) is 0. The van der Waals surface area contributed by atoms with E-state index in [1.165, 1.54) is 0 Å². The minimum absolute atomic E-state index is 0.170. The van der Waals surface area contributed by atoms with Crippen molar-refractivity contribution in [3.05, 3.63) is 71.8 Å². The molecule has 0 aliphatic carbocycles. The van der Waals surface area contributed by atoms with Crippen molar-refractivity contribution in [2.24, 2.45) is 0 Å². The molecule has 0 fully saturated rings. The second-order valence-corrected chi connectivity index (χ2v) is 6.22. The van der Waals surface area contributed by atoms with Crippen LogP contribution in [0.3, 0.4) is 0 Å². The van der Waals surface area contributed by atoms with Crippen LogP contribution in [-0.2, 0) is 11.3 Å². The second kappa shape index (κ2) is 7.09. The van der Waals surface area contributed by atoms with Gasteiger partial charge in [0, 0.05) is 5.56 Å². The summed E-state index contributed by atoms with van der Waals surface area (Å²) in [5.41, 5.74) is 0.653. The molecule has 0 aliphatic heterocycles. The smallest absolute Gasteiger partial charge is 0.417 e. The number of carbonyl (C=O) groups excluding carboxylic acids is 2. The molecule has 0 bridgehead atoms. The Morgan fingerprint density at radius 3 is 1.96 bits per heavy atom. The Hall–Kier alpha value is -2.62. The van der Waals surface area contributed by atoms with Crippen molar-refractivity contribution in [2.75, 3.05) is 0 Å². The number of hydrogen-bond acceptors (Lipinski definition) is 3. The van der Waals surface area contributed by atoms with Crippen LogP contribution in [0.2, 0.25) is 0 Å². The van der Waals surface area contributed by atoms with Crippen LogP contribution < -0.4 is 0 Å². The first kappa shape index (κ1) is 16.7. The Morgan fingerprint density at radius 2 is 1.43 bits per heavy atom. The van der Waals surface area contributed by atoms with Gasteiger partial charge in [-0.05, 0) is 38.5 Å². The highest BCUT2D eigenvalue weighted by Crippen LogP contribution is 2.15. The summed E-state index contributed by atoms with van der Waals surface area (Å²) in [5.74, 6) is -0.372. The van der Waals surface area contributed by atoms with E-state index in [1.807, 2.05) is 36.4 Å². The Morgan fingerprint density at radius 1 is 0.913 bits per heavy atom. The molecule has 0 saturated heterocycles. The van der Waals surface area contributed by atoms with Gasteiger partial charge in [0.1, 0.15) is 5.60 Å². The lowest BCUT2D eigenvalue weighted by atomic mass is 10.1. The maximum Gasteiger partial charge on any atom is 0.417 e. The summed E-state index contributed by atoms with van der Waals surface area (Å²) >= 11 is 0. The summed E-state index contributed by atoms with van der Waals surface area (Å²) < 4.78 is 5.38. The standard InChI is InChI=1S/C19H21NO3/c1-19(2,3)23-18(22)20(14-15-10-6-4-7-11-15)17(21)16-12-8-5-9-13-16/h4-13H,14H2,1-3H3. The third-order valence-corrected chi connectivity index (χ3v) is 3.06. The number of imide groups is 1. The molecule has 0 saturated carbocycles. The first-order chi connectivity index (χ1) is 10.9. The molecule has 0 radical (unpaired) electrons. The number of carbonyl (C=O) groups is 2. The molecule has 0 atom stereocenters. The summed E-state index contributed by atoms with van der Waals surface area (Å²) in [7, 11) is 0. The molecular formula is C19H21NO3. The Bertz CT molecular complexity index is 660. The predicted molar refractivity (Wildman–Crippen MR) is 89.0 cm³/mol. The van der Waals surface area contributed by atoms with Crippen molar-refractivity contribution >= 4 is 12.0 Å². The second-order valence-electron chi connectivity index (χ2n) is 6.22. The van der Waals surface area contributed by atoms with Crippen molar-refractivity contribution < 1.29 is 14.3 Å². The molecule has 4 nitrogen and oxygen atoms in total. The van der Waals surface area contributed by atoms with E-state index >= 15 is 0 Å². The molecule has 0 N–H and O–H groups in total. The number of ether oxygens (including phenoxy) is 1. The summed E-state index contributed by atoms with van der Waals surface area (Å²) in [6, 6.07) is 18.1. The zero-order chi connectivity index (χ0) is 16.9. The van der Waals surface area contributed by atoms with E-state index in [1.54, 1.807) is 45.0 Å². The van der Waals surface area contributed by atoms with E-state index in [0.717, 1.165) is 10.5 Å². The molecule has 2 rings (SSSR count). The highest BCUT2D eigenvalue weighted by Gasteiger charge is 2.28. The van der Waals surface area contributed by atoms with E-state index in [9.17, 15) is 9.59 Å². The molecule has 2 amide bonds. The van der Waals surface area contributed by atoms with Gasteiger partial charge in [0.05, 0.1) is 6.54 Å². The first-order valence-corrected chi connectivity index (χ1v) is 7.50.